The van der Waals surface area contributed by atoms with E-state index < -0.39 is 0 Å². The van der Waals surface area contributed by atoms with E-state index in [-0.39, 0.29) is 0 Å². The van der Waals surface area contributed by atoms with Crippen LogP contribution < -0.4 is 5.73 Å². The molecule has 2 rings (SSSR count). The molecule has 1 aromatic carbocycles. The third-order valence-corrected chi connectivity index (χ3v) is 2.87. The quantitative estimate of drug-likeness (QED) is 0.662. The van der Waals surface area contributed by atoms with E-state index in [2.05, 4.69) is 4.98 Å². The molecule has 1 heterocycles. The summed E-state index contributed by atoms with van der Waals surface area (Å²) in [6.07, 6.45) is 0. The molecule has 2 aromatic rings. The fraction of sp³-hybridized carbons (Fsp3) is 0.125. The van der Waals surface area contributed by atoms with Gasteiger partial charge in [0, 0.05) is 5.69 Å². The summed E-state index contributed by atoms with van der Waals surface area (Å²) in [4.78, 5) is 4.12. The Labute approximate surface area is 79.0 Å². The predicted octanol–water partition coefficient (Wildman–Crippen LogP) is 2.84. The van der Waals surface area contributed by atoms with Gasteiger partial charge in [0.1, 0.15) is 0 Å². The zero-order valence-electron chi connectivity index (χ0n) is 6.47. The van der Waals surface area contributed by atoms with E-state index in [4.69, 9.17) is 17.3 Å². The molecule has 0 saturated carbocycles. The van der Waals surface area contributed by atoms with Crippen LogP contribution in [0.25, 0.3) is 10.2 Å². The Morgan fingerprint density at radius 3 is 3.00 bits per heavy atom. The van der Waals surface area contributed by atoms with Crippen molar-refractivity contribution in [2.45, 2.75) is 6.92 Å². The maximum atomic E-state index is 5.75. The standard InChI is InChI=1S/C8H7ClN2S/c1-4-2-7-6(3-5(4)10)11-8(9)12-7/h2-3H,10H2,1H3. The number of aromatic nitrogens is 1. The highest BCUT2D eigenvalue weighted by molar-refractivity contribution is 7.22. The summed E-state index contributed by atoms with van der Waals surface area (Å²) in [7, 11) is 0. The number of hydrogen-bond donors (Lipinski definition) is 1. The van der Waals surface area contributed by atoms with E-state index in [1.807, 2.05) is 19.1 Å². The summed E-state index contributed by atoms with van der Waals surface area (Å²) >= 11 is 7.23. The van der Waals surface area contributed by atoms with E-state index in [1.54, 1.807) is 0 Å². The Bertz CT molecular complexity index is 397. The molecule has 0 bridgehead atoms. The van der Waals surface area contributed by atoms with Crippen LogP contribution in [0.3, 0.4) is 0 Å². The molecule has 1 aromatic heterocycles. The van der Waals surface area contributed by atoms with Crippen LogP contribution >= 0.6 is 22.9 Å². The second kappa shape index (κ2) is 2.61. The van der Waals surface area contributed by atoms with Crippen molar-refractivity contribution in [3.63, 3.8) is 0 Å². The first-order valence-electron chi connectivity index (χ1n) is 3.49. The van der Waals surface area contributed by atoms with Crippen LogP contribution in [0, 0.1) is 6.92 Å². The zero-order chi connectivity index (χ0) is 8.72. The highest BCUT2D eigenvalue weighted by Gasteiger charge is 2.03. The number of aryl methyl sites for hydroxylation is 1. The van der Waals surface area contributed by atoms with E-state index >= 15 is 0 Å². The maximum Gasteiger partial charge on any atom is 0.184 e. The Morgan fingerprint density at radius 1 is 1.50 bits per heavy atom. The summed E-state index contributed by atoms with van der Waals surface area (Å²) in [6, 6.07) is 3.86. The highest BCUT2D eigenvalue weighted by Crippen LogP contribution is 2.28. The molecule has 0 aliphatic heterocycles. The van der Waals surface area contributed by atoms with E-state index in [0.29, 0.717) is 4.47 Å². The molecule has 0 spiro atoms. The van der Waals surface area contributed by atoms with E-state index in [1.165, 1.54) is 11.3 Å². The van der Waals surface area contributed by atoms with Crippen LogP contribution in [0.2, 0.25) is 4.47 Å². The number of benzene rings is 1. The number of thiazole rings is 1. The number of nitrogen functional groups attached to an aromatic ring is 1. The zero-order valence-corrected chi connectivity index (χ0v) is 8.04. The lowest BCUT2D eigenvalue weighted by Crippen LogP contribution is -1.87. The minimum Gasteiger partial charge on any atom is -0.398 e. The van der Waals surface area contributed by atoms with Gasteiger partial charge >= 0.3 is 0 Å². The lowest BCUT2D eigenvalue weighted by molar-refractivity contribution is 1.46. The number of halogens is 1. The van der Waals surface area contributed by atoms with E-state index in [0.717, 1.165) is 21.5 Å². The number of anilines is 1. The van der Waals surface area contributed by atoms with Gasteiger partial charge in [0.05, 0.1) is 10.2 Å². The van der Waals surface area contributed by atoms with Gasteiger partial charge in [0.15, 0.2) is 4.47 Å². The number of rotatable bonds is 0. The van der Waals surface area contributed by atoms with Gasteiger partial charge in [-0.05, 0) is 24.6 Å². The first-order chi connectivity index (χ1) is 5.66. The molecule has 0 atom stereocenters. The molecule has 0 unspecified atom stereocenters. The molecule has 12 heavy (non-hydrogen) atoms. The molecule has 4 heteroatoms. The lowest BCUT2D eigenvalue weighted by atomic mass is 10.2. The maximum absolute atomic E-state index is 5.75. The fourth-order valence-corrected chi connectivity index (χ4v) is 2.17. The molecule has 2 N–H and O–H groups in total. The summed E-state index contributed by atoms with van der Waals surface area (Å²) < 4.78 is 1.65. The third-order valence-electron chi connectivity index (χ3n) is 1.75. The van der Waals surface area contributed by atoms with Gasteiger partial charge < -0.3 is 5.73 Å². The van der Waals surface area contributed by atoms with Crippen LogP contribution in [0.1, 0.15) is 5.56 Å². The van der Waals surface area contributed by atoms with Gasteiger partial charge in [0.2, 0.25) is 0 Å². The lowest BCUT2D eigenvalue weighted by Gasteiger charge is -1.96. The van der Waals surface area contributed by atoms with Gasteiger partial charge in [-0.15, -0.1) is 11.3 Å². The number of nitrogens with zero attached hydrogens (tertiary/aromatic N) is 1. The molecule has 0 aliphatic carbocycles. The molecule has 0 amide bonds. The summed E-state index contributed by atoms with van der Waals surface area (Å²) in [5.74, 6) is 0. The van der Waals surface area contributed by atoms with Gasteiger partial charge in [-0.3, -0.25) is 0 Å². The molecular formula is C8H7ClN2S. The smallest absolute Gasteiger partial charge is 0.184 e. The molecule has 0 saturated heterocycles. The minimum atomic E-state index is 0.565. The van der Waals surface area contributed by atoms with Crippen LogP contribution in [-0.4, -0.2) is 4.98 Å². The minimum absolute atomic E-state index is 0.565. The van der Waals surface area contributed by atoms with Crippen molar-refractivity contribution in [1.82, 2.24) is 4.98 Å². The number of nitrogens with two attached hydrogens (primary N) is 1. The normalized spacial score (nSPS) is 10.8. The molecule has 2 nitrogen and oxygen atoms in total. The Balaban J connectivity index is 2.83. The van der Waals surface area contributed by atoms with Crippen LogP contribution in [0.15, 0.2) is 12.1 Å². The van der Waals surface area contributed by atoms with Crippen LogP contribution in [0.5, 0.6) is 0 Å². The average Bonchev–Trinajstić information content (AvgIpc) is 2.30. The van der Waals surface area contributed by atoms with Crippen LogP contribution in [-0.2, 0) is 0 Å². The first-order valence-corrected chi connectivity index (χ1v) is 4.68. The van der Waals surface area contributed by atoms with Gasteiger partial charge in [-0.25, -0.2) is 4.98 Å². The van der Waals surface area contributed by atoms with Crippen molar-refractivity contribution in [3.05, 3.63) is 22.2 Å². The summed E-state index contributed by atoms with van der Waals surface area (Å²) in [6.45, 7) is 1.97. The first kappa shape index (κ1) is 7.83. The van der Waals surface area contributed by atoms with Crippen molar-refractivity contribution in [3.8, 4) is 0 Å². The molecular weight excluding hydrogens is 192 g/mol. The van der Waals surface area contributed by atoms with Crippen molar-refractivity contribution in [2.75, 3.05) is 5.73 Å². The average molecular weight is 199 g/mol. The topological polar surface area (TPSA) is 38.9 Å². The SMILES string of the molecule is Cc1cc2sc(Cl)nc2cc1N. The predicted molar refractivity (Wildman–Crippen MR) is 53.8 cm³/mol. The summed E-state index contributed by atoms with van der Waals surface area (Å²) in [5, 5.41) is 0. The monoisotopic (exact) mass is 198 g/mol. The van der Waals surface area contributed by atoms with E-state index in [9.17, 15) is 0 Å². The van der Waals surface area contributed by atoms with Gasteiger partial charge in [-0.1, -0.05) is 11.6 Å². The summed E-state index contributed by atoms with van der Waals surface area (Å²) in [5.41, 5.74) is 8.44. The van der Waals surface area contributed by atoms with Gasteiger partial charge in [0.25, 0.3) is 0 Å². The van der Waals surface area contributed by atoms with Crippen LogP contribution in [0.4, 0.5) is 5.69 Å². The Kier molecular flexibility index (Phi) is 1.70. The fourth-order valence-electron chi connectivity index (χ4n) is 1.06. The molecule has 0 aliphatic rings. The van der Waals surface area contributed by atoms with Gasteiger partial charge in [-0.2, -0.15) is 0 Å². The molecule has 0 radical (unpaired) electrons. The largest absolute Gasteiger partial charge is 0.398 e. The third kappa shape index (κ3) is 1.15. The second-order valence-corrected chi connectivity index (χ2v) is 4.26. The van der Waals surface area contributed by atoms with Crippen molar-refractivity contribution >= 4 is 38.8 Å². The van der Waals surface area contributed by atoms with Crippen molar-refractivity contribution < 1.29 is 0 Å². The van der Waals surface area contributed by atoms with Crippen molar-refractivity contribution in [1.29, 1.82) is 0 Å². The number of fused-ring (bicyclic) bond motifs is 1. The Hall–Kier alpha value is -0.800. The molecule has 62 valence electrons. The highest BCUT2D eigenvalue weighted by atomic mass is 35.5. The van der Waals surface area contributed by atoms with Crippen molar-refractivity contribution in [2.24, 2.45) is 0 Å². The Morgan fingerprint density at radius 2 is 2.25 bits per heavy atom. The second-order valence-electron chi connectivity index (χ2n) is 2.64. The number of hydrogen-bond acceptors (Lipinski definition) is 3. The molecule has 0 fully saturated rings.